The van der Waals surface area contributed by atoms with Crippen LogP contribution in [0.1, 0.15) is 6.92 Å². The predicted octanol–water partition coefficient (Wildman–Crippen LogP) is 2.26. The minimum absolute atomic E-state index is 0.111. The fraction of sp³-hybridized carbons (Fsp3) is 0.353. The molecule has 0 aliphatic rings. The second-order valence-corrected chi connectivity index (χ2v) is 5.19. The molecule has 2 rings (SSSR count). The highest BCUT2D eigenvalue weighted by atomic mass is 19.1. The SMILES string of the molecule is CN=C(NCCn1cccc1)NCC(C)Oc1cccc(F)c1. The van der Waals surface area contributed by atoms with Gasteiger partial charge in [0.25, 0.3) is 0 Å². The van der Waals surface area contributed by atoms with Crippen molar-refractivity contribution in [3.8, 4) is 5.75 Å². The van der Waals surface area contributed by atoms with Gasteiger partial charge < -0.3 is 19.9 Å². The Hall–Kier alpha value is -2.50. The molecule has 0 radical (unpaired) electrons. The number of hydrogen-bond donors (Lipinski definition) is 2. The van der Waals surface area contributed by atoms with E-state index in [1.165, 1.54) is 12.1 Å². The van der Waals surface area contributed by atoms with Gasteiger partial charge in [0.2, 0.25) is 0 Å². The third kappa shape index (κ3) is 6.02. The van der Waals surface area contributed by atoms with Crippen LogP contribution in [-0.4, -0.2) is 36.8 Å². The Bertz CT molecular complexity index is 613. The molecule has 0 bridgehead atoms. The van der Waals surface area contributed by atoms with Crippen molar-refractivity contribution in [2.75, 3.05) is 20.1 Å². The van der Waals surface area contributed by atoms with Crippen LogP contribution in [-0.2, 0) is 6.54 Å². The maximum atomic E-state index is 13.1. The van der Waals surface area contributed by atoms with E-state index in [0.29, 0.717) is 18.3 Å². The average Bonchev–Trinajstić information content (AvgIpc) is 3.04. The Labute approximate surface area is 136 Å². The van der Waals surface area contributed by atoms with Crippen molar-refractivity contribution in [1.82, 2.24) is 15.2 Å². The summed E-state index contributed by atoms with van der Waals surface area (Å²) in [5.74, 6) is 0.937. The van der Waals surface area contributed by atoms with Crippen molar-refractivity contribution < 1.29 is 9.13 Å². The molecular formula is C17H23FN4O. The molecule has 0 fully saturated rings. The zero-order chi connectivity index (χ0) is 16.5. The minimum Gasteiger partial charge on any atom is -0.489 e. The zero-order valence-corrected chi connectivity index (χ0v) is 13.5. The monoisotopic (exact) mass is 318 g/mol. The Morgan fingerprint density at radius 2 is 2.04 bits per heavy atom. The van der Waals surface area contributed by atoms with Gasteiger partial charge in [-0.15, -0.1) is 0 Å². The van der Waals surface area contributed by atoms with E-state index in [9.17, 15) is 4.39 Å². The first-order valence-corrected chi connectivity index (χ1v) is 7.65. The lowest BCUT2D eigenvalue weighted by Gasteiger charge is -2.18. The molecule has 1 unspecified atom stereocenters. The fourth-order valence-corrected chi connectivity index (χ4v) is 2.10. The normalized spacial score (nSPS) is 12.7. The number of nitrogens with zero attached hydrogens (tertiary/aromatic N) is 2. The lowest BCUT2D eigenvalue weighted by Crippen LogP contribution is -2.42. The van der Waals surface area contributed by atoms with Gasteiger partial charge in [-0.3, -0.25) is 4.99 Å². The summed E-state index contributed by atoms with van der Waals surface area (Å²) >= 11 is 0. The summed E-state index contributed by atoms with van der Waals surface area (Å²) in [6.07, 6.45) is 3.93. The molecule has 5 nitrogen and oxygen atoms in total. The van der Waals surface area contributed by atoms with E-state index in [-0.39, 0.29) is 11.9 Å². The Kier molecular flexibility index (Phi) is 6.47. The molecule has 23 heavy (non-hydrogen) atoms. The van der Waals surface area contributed by atoms with E-state index < -0.39 is 0 Å². The zero-order valence-electron chi connectivity index (χ0n) is 13.5. The predicted molar refractivity (Wildman–Crippen MR) is 90.3 cm³/mol. The van der Waals surface area contributed by atoms with Crippen LogP contribution >= 0.6 is 0 Å². The molecule has 1 aromatic heterocycles. The standard InChI is InChI=1S/C17H23FN4O/c1-14(23-16-7-5-6-15(18)12-16)13-21-17(19-2)20-8-11-22-9-3-4-10-22/h3-7,9-10,12,14H,8,11,13H2,1-2H3,(H2,19,20,21). The van der Waals surface area contributed by atoms with E-state index in [1.54, 1.807) is 19.2 Å². The van der Waals surface area contributed by atoms with Crippen molar-refractivity contribution in [1.29, 1.82) is 0 Å². The summed E-state index contributed by atoms with van der Waals surface area (Å²) in [6, 6.07) is 10.1. The molecule has 1 aromatic carbocycles. The quantitative estimate of drug-likeness (QED) is 0.608. The molecule has 2 aromatic rings. The molecule has 1 atom stereocenters. The van der Waals surface area contributed by atoms with Gasteiger partial charge in [0.1, 0.15) is 17.7 Å². The number of hydrogen-bond acceptors (Lipinski definition) is 2. The first-order chi connectivity index (χ1) is 11.2. The molecule has 0 aliphatic heterocycles. The van der Waals surface area contributed by atoms with Crippen LogP contribution in [0.3, 0.4) is 0 Å². The van der Waals surface area contributed by atoms with Gasteiger partial charge >= 0.3 is 0 Å². The van der Waals surface area contributed by atoms with Crippen molar-refractivity contribution in [3.63, 3.8) is 0 Å². The van der Waals surface area contributed by atoms with Crippen molar-refractivity contribution in [2.24, 2.45) is 4.99 Å². The van der Waals surface area contributed by atoms with Gasteiger partial charge in [0.05, 0.1) is 6.54 Å². The first-order valence-electron chi connectivity index (χ1n) is 7.65. The molecule has 0 saturated carbocycles. The highest BCUT2D eigenvalue weighted by Gasteiger charge is 2.06. The molecule has 2 N–H and O–H groups in total. The second-order valence-electron chi connectivity index (χ2n) is 5.19. The third-order valence-corrected chi connectivity index (χ3v) is 3.24. The Morgan fingerprint density at radius 3 is 2.74 bits per heavy atom. The maximum absolute atomic E-state index is 13.1. The van der Waals surface area contributed by atoms with Crippen LogP contribution < -0.4 is 15.4 Å². The van der Waals surface area contributed by atoms with Crippen LogP contribution in [0.15, 0.2) is 53.8 Å². The average molecular weight is 318 g/mol. The van der Waals surface area contributed by atoms with E-state index in [0.717, 1.165) is 13.1 Å². The highest BCUT2D eigenvalue weighted by Crippen LogP contribution is 2.13. The van der Waals surface area contributed by atoms with Crippen LogP contribution in [0.4, 0.5) is 4.39 Å². The highest BCUT2D eigenvalue weighted by molar-refractivity contribution is 5.79. The largest absolute Gasteiger partial charge is 0.489 e. The third-order valence-electron chi connectivity index (χ3n) is 3.24. The molecule has 1 heterocycles. The Balaban J connectivity index is 1.70. The smallest absolute Gasteiger partial charge is 0.191 e. The number of nitrogens with one attached hydrogen (secondary N) is 2. The first kappa shape index (κ1) is 16.9. The van der Waals surface area contributed by atoms with E-state index in [4.69, 9.17) is 4.74 Å². The van der Waals surface area contributed by atoms with E-state index >= 15 is 0 Å². The molecule has 0 aliphatic carbocycles. The maximum Gasteiger partial charge on any atom is 0.191 e. The van der Waals surface area contributed by atoms with Gasteiger partial charge in [-0.05, 0) is 31.2 Å². The van der Waals surface area contributed by atoms with Crippen molar-refractivity contribution >= 4 is 5.96 Å². The summed E-state index contributed by atoms with van der Waals surface area (Å²) in [6.45, 7) is 4.13. The fourth-order valence-electron chi connectivity index (χ4n) is 2.10. The van der Waals surface area contributed by atoms with E-state index in [2.05, 4.69) is 20.2 Å². The number of rotatable bonds is 7. The minimum atomic E-state index is -0.301. The van der Waals surface area contributed by atoms with Crippen LogP contribution in [0, 0.1) is 5.82 Å². The van der Waals surface area contributed by atoms with Crippen molar-refractivity contribution in [2.45, 2.75) is 19.6 Å². The second kappa shape index (κ2) is 8.82. The summed E-state index contributed by atoms with van der Waals surface area (Å²) in [4.78, 5) is 4.17. The number of aromatic nitrogens is 1. The number of ether oxygens (including phenoxy) is 1. The Morgan fingerprint density at radius 1 is 1.26 bits per heavy atom. The van der Waals surface area contributed by atoms with Gasteiger partial charge in [0, 0.05) is 38.6 Å². The number of halogens is 1. The summed E-state index contributed by atoms with van der Waals surface area (Å²) in [7, 11) is 1.73. The van der Waals surface area contributed by atoms with Crippen LogP contribution in [0.5, 0.6) is 5.75 Å². The van der Waals surface area contributed by atoms with Crippen molar-refractivity contribution in [3.05, 3.63) is 54.6 Å². The summed E-state index contributed by atoms with van der Waals surface area (Å²) in [5.41, 5.74) is 0. The van der Waals surface area contributed by atoms with Gasteiger partial charge in [-0.2, -0.15) is 0 Å². The molecule has 0 saturated heterocycles. The molecule has 0 spiro atoms. The summed E-state index contributed by atoms with van der Waals surface area (Å²) < 4.78 is 20.9. The van der Waals surface area contributed by atoms with Crippen LogP contribution in [0.25, 0.3) is 0 Å². The lowest BCUT2D eigenvalue weighted by molar-refractivity contribution is 0.223. The molecule has 0 amide bonds. The number of benzene rings is 1. The van der Waals surface area contributed by atoms with E-state index in [1.807, 2.05) is 31.5 Å². The number of guanidine groups is 1. The van der Waals surface area contributed by atoms with Crippen LogP contribution in [0.2, 0.25) is 0 Å². The molecule has 6 heteroatoms. The molecular weight excluding hydrogens is 295 g/mol. The molecule has 124 valence electrons. The summed E-state index contributed by atoms with van der Waals surface area (Å²) in [5, 5.41) is 6.43. The topological polar surface area (TPSA) is 50.6 Å². The lowest BCUT2D eigenvalue weighted by atomic mass is 10.3. The van der Waals surface area contributed by atoms with Gasteiger partial charge in [-0.1, -0.05) is 6.07 Å². The van der Waals surface area contributed by atoms with Gasteiger partial charge in [-0.25, -0.2) is 4.39 Å². The van der Waals surface area contributed by atoms with Gasteiger partial charge in [0.15, 0.2) is 5.96 Å². The number of aliphatic imine (C=N–C) groups is 1.